The van der Waals surface area contributed by atoms with E-state index in [1.165, 1.54) is 14.2 Å². The zero-order valence-corrected chi connectivity index (χ0v) is 13.5. The Morgan fingerprint density at radius 1 is 1.13 bits per heavy atom. The normalized spacial score (nSPS) is 11.0. The zero-order chi connectivity index (χ0) is 17.2. The molecule has 124 valence electrons. The minimum Gasteiger partial charge on any atom is -0.493 e. The van der Waals surface area contributed by atoms with E-state index in [1.807, 2.05) is 0 Å². The highest BCUT2D eigenvalue weighted by Crippen LogP contribution is 2.37. The SMILES string of the molecule is C#CC(C)OC(=O)CCCC(=O)Oc1c(OC)cccc1OC. The van der Waals surface area contributed by atoms with Crippen LogP contribution in [0, 0.1) is 12.3 Å². The Labute approximate surface area is 135 Å². The Morgan fingerprint density at radius 2 is 1.70 bits per heavy atom. The van der Waals surface area contributed by atoms with Crippen LogP contribution in [0.2, 0.25) is 0 Å². The number of esters is 2. The molecule has 1 rings (SSSR count). The van der Waals surface area contributed by atoms with Crippen molar-refractivity contribution in [3.8, 4) is 29.6 Å². The van der Waals surface area contributed by atoms with Crippen LogP contribution in [0.4, 0.5) is 0 Å². The quantitative estimate of drug-likeness (QED) is 0.416. The summed E-state index contributed by atoms with van der Waals surface area (Å²) < 4.78 is 20.4. The van der Waals surface area contributed by atoms with E-state index in [2.05, 4.69) is 5.92 Å². The first-order valence-corrected chi connectivity index (χ1v) is 7.09. The first-order valence-electron chi connectivity index (χ1n) is 7.09. The Hall–Kier alpha value is -2.68. The number of hydrogen-bond acceptors (Lipinski definition) is 6. The highest BCUT2D eigenvalue weighted by molar-refractivity contribution is 5.76. The Morgan fingerprint density at radius 3 is 2.22 bits per heavy atom. The Balaban J connectivity index is 2.52. The largest absolute Gasteiger partial charge is 0.493 e. The number of rotatable bonds is 8. The summed E-state index contributed by atoms with van der Waals surface area (Å²) >= 11 is 0. The van der Waals surface area contributed by atoms with Crippen LogP contribution in [0.15, 0.2) is 18.2 Å². The Kier molecular flexibility index (Phi) is 7.48. The summed E-state index contributed by atoms with van der Waals surface area (Å²) in [4.78, 5) is 23.3. The number of carbonyl (C=O) groups is 2. The predicted molar refractivity (Wildman–Crippen MR) is 83.4 cm³/mol. The second-order valence-corrected chi connectivity index (χ2v) is 4.62. The summed E-state index contributed by atoms with van der Waals surface area (Å²) in [5.74, 6) is 2.34. The molecule has 0 fully saturated rings. The van der Waals surface area contributed by atoms with E-state index in [0.717, 1.165) is 0 Å². The smallest absolute Gasteiger partial charge is 0.311 e. The number of terminal acetylenes is 1. The average molecular weight is 320 g/mol. The lowest BCUT2D eigenvalue weighted by molar-refractivity contribution is -0.146. The van der Waals surface area contributed by atoms with Gasteiger partial charge in [-0.05, 0) is 25.5 Å². The van der Waals surface area contributed by atoms with Crippen LogP contribution in [-0.4, -0.2) is 32.3 Å². The zero-order valence-electron chi connectivity index (χ0n) is 13.5. The summed E-state index contributed by atoms with van der Waals surface area (Å²) in [6.45, 7) is 1.60. The van der Waals surface area contributed by atoms with Crippen molar-refractivity contribution >= 4 is 11.9 Å². The van der Waals surface area contributed by atoms with E-state index in [-0.39, 0.29) is 18.6 Å². The molecule has 1 unspecified atom stereocenters. The van der Waals surface area contributed by atoms with Gasteiger partial charge in [-0.15, -0.1) is 6.42 Å². The second-order valence-electron chi connectivity index (χ2n) is 4.62. The van der Waals surface area contributed by atoms with E-state index in [0.29, 0.717) is 17.9 Å². The van der Waals surface area contributed by atoms with Gasteiger partial charge >= 0.3 is 11.9 Å². The van der Waals surface area contributed by atoms with Crippen LogP contribution >= 0.6 is 0 Å². The van der Waals surface area contributed by atoms with Gasteiger partial charge in [0.15, 0.2) is 17.6 Å². The van der Waals surface area contributed by atoms with Crippen molar-refractivity contribution in [2.75, 3.05) is 14.2 Å². The fourth-order valence-electron chi connectivity index (χ4n) is 1.75. The standard InChI is InChI=1S/C17H20O6/c1-5-12(2)22-15(18)10-7-11-16(19)23-17-13(20-3)8-6-9-14(17)21-4/h1,6,8-9,12H,7,10-11H2,2-4H3. The van der Waals surface area contributed by atoms with E-state index in [4.69, 9.17) is 25.4 Å². The lowest BCUT2D eigenvalue weighted by atomic mass is 10.2. The summed E-state index contributed by atoms with van der Waals surface area (Å²) in [5, 5.41) is 0. The molecule has 0 aliphatic carbocycles. The second kappa shape index (κ2) is 9.36. The van der Waals surface area contributed by atoms with Gasteiger partial charge in [0.2, 0.25) is 5.75 Å². The van der Waals surface area contributed by atoms with Crippen LogP contribution in [-0.2, 0) is 14.3 Å². The highest BCUT2D eigenvalue weighted by atomic mass is 16.6. The van der Waals surface area contributed by atoms with Gasteiger partial charge in [0.05, 0.1) is 14.2 Å². The number of ether oxygens (including phenoxy) is 4. The topological polar surface area (TPSA) is 71.1 Å². The van der Waals surface area contributed by atoms with Gasteiger partial charge in [0.25, 0.3) is 0 Å². The maximum atomic E-state index is 11.9. The van der Waals surface area contributed by atoms with E-state index >= 15 is 0 Å². The van der Waals surface area contributed by atoms with Crippen molar-refractivity contribution < 1.29 is 28.5 Å². The molecule has 0 saturated heterocycles. The number of hydrogen-bond donors (Lipinski definition) is 0. The minimum absolute atomic E-state index is 0.0563. The molecule has 0 aliphatic rings. The molecule has 0 N–H and O–H groups in total. The van der Waals surface area contributed by atoms with Gasteiger partial charge < -0.3 is 18.9 Å². The fraction of sp³-hybridized carbons (Fsp3) is 0.412. The van der Waals surface area contributed by atoms with E-state index in [1.54, 1.807) is 25.1 Å². The summed E-state index contributed by atoms with van der Waals surface area (Å²) in [6, 6.07) is 5.03. The lowest BCUT2D eigenvalue weighted by Gasteiger charge is -2.12. The van der Waals surface area contributed by atoms with Crippen LogP contribution in [0.5, 0.6) is 17.2 Å². The fourth-order valence-corrected chi connectivity index (χ4v) is 1.75. The van der Waals surface area contributed by atoms with Crippen molar-refractivity contribution in [3.63, 3.8) is 0 Å². The maximum Gasteiger partial charge on any atom is 0.311 e. The number of carbonyl (C=O) groups excluding carboxylic acids is 2. The molecule has 0 radical (unpaired) electrons. The number of benzene rings is 1. The number of methoxy groups -OCH3 is 2. The Bertz CT molecular complexity index is 565. The summed E-state index contributed by atoms with van der Waals surface area (Å²) in [7, 11) is 2.93. The predicted octanol–water partition coefficient (Wildman–Crippen LogP) is 2.34. The van der Waals surface area contributed by atoms with E-state index in [9.17, 15) is 9.59 Å². The molecule has 0 heterocycles. The van der Waals surface area contributed by atoms with Gasteiger partial charge in [-0.2, -0.15) is 0 Å². The molecule has 0 aromatic heterocycles. The van der Waals surface area contributed by atoms with Crippen LogP contribution in [0.3, 0.4) is 0 Å². The molecule has 1 aromatic carbocycles. The molecular formula is C17H20O6. The molecule has 0 aliphatic heterocycles. The first-order chi connectivity index (χ1) is 11.0. The molecule has 0 spiro atoms. The van der Waals surface area contributed by atoms with Crippen LogP contribution < -0.4 is 14.2 Å². The van der Waals surface area contributed by atoms with Crippen LogP contribution in [0.1, 0.15) is 26.2 Å². The lowest BCUT2D eigenvalue weighted by Crippen LogP contribution is -2.14. The van der Waals surface area contributed by atoms with Gasteiger partial charge in [0.1, 0.15) is 0 Å². The monoisotopic (exact) mass is 320 g/mol. The maximum absolute atomic E-state index is 11.9. The molecule has 0 amide bonds. The summed E-state index contributed by atoms with van der Waals surface area (Å²) in [6.07, 6.45) is 4.98. The molecule has 6 nitrogen and oxygen atoms in total. The van der Waals surface area contributed by atoms with Gasteiger partial charge in [-0.1, -0.05) is 12.0 Å². The van der Waals surface area contributed by atoms with Gasteiger partial charge in [-0.25, -0.2) is 0 Å². The molecule has 1 atom stereocenters. The van der Waals surface area contributed by atoms with Crippen molar-refractivity contribution in [2.24, 2.45) is 0 Å². The molecule has 23 heavy (non-hydrogen) atoms. The molecular weight excluding hydrogens is 300 g/mol. The van der Waals surface area contributed by atoms with Gasteiger partial charge in [-0.3, -0.25) is 9.59 Å². The molecule has 0 bridgehead atoms. The third-order valence-electron chi connectivity index (χ3n) is 2.90. The van der Waals surface area contributed by atoms with Crippen molar-refractivity contribution in [1.29, 1.82) is 0 Å². The highest BCUT2D eigenvalue weighted by Gasteiger charge is 2.16. The minimum atomic E-state index is -0.577. The molecule has 0 saturated carbocycles. The molecule has 6 heteroatoms. The average Bonchev–Trinajstić information content (AvgIpc) is 2.54. The van der Waals surface area contributed by atoms with Crippen molar-refractivity contribution in [1.82, 2.24) is 0 Å². The van der Waals surface area contributed by atoms with E-state index < -0.39 is 18.0 Å². The molecule has 1 aromatic rings. The number of para-hydroxylation sites is 1. The van der Waals surface area contributed by atoms with Crippen molar-refractivity contribution in [2.45, 2.75) is 32.3 Å². The van der Waals surface area contributed by atoms with Crippen molar-refractivity contribution in [3.05, 3.63) is 18.2 Å². The van der Waals surface area contributed by atoms with Gasteiger partial charge in [0, 0.05) is 12.8 Å². The first kappa shape index (κ1) is 18.4. The summed E-state index contributed by atoms with van der Waals surface area (Å²) in [5.41, 5.74) is 0. The third kappa shape index (κ3) is 5.91. The third-order valence-corrected chi connectivity index (χ3v) is 2.90. The van der Waals surface area contributed by atoms with Crippen LogP contribution in [0.25, 0.3) is 0 Å².